The molecule has 1 unspecified atom stereocenters. The van der Waals surface area contributed by atoms with Gasteiger partial charge >= 0.3 is 0 Å². The average Bonchev–Trinajstić information content (AvgIpc) is 3.10. The molecule has 0 radical (unpaired) electrons. The number of aromatic nitrogens is 3. The summed E-state index contributed by atoms with van der Waals surface area (Å²) in [5.74, 6) is 1.52. The second-order valence-corrected chi connectivity index (χ2v) is 9.90. The minimum Gasteiger partial charge on any atom is -0.328 e. The largest absolute Gasteiger partial charge is 0.328 e. The van der Waals surface area contributed by atoms with Crippen molar-refractivity contribution in [3.05, 3.63) is 75.4 Å². The highest BCUT2D eigenvalue weighted by Crippen LogP contribution is 2.45. The van der Waals surface area contributed by atoms with E-state index >= 15 is 0 Å². The molecule has 0 fully saturated rings. The number of allylic oxidation sites excluding steroid dienone is 2. The van der Waals surface area contributed by atoms with Gasteiger partial charge in [-0.05, 0) is 36.5 Å². The SMILES string of the molecule is Cc1ccc(-c2nc3n(n2)C(c2ccc(Br)cc2)C2=C(CC(C)(C)CC2=O)N3)cc1. The van der Waals surface area contributed by atoms with Gasteiger partial charge < -0.3 is 5.32 Å². The van der Waals surface area contributed by atoms with E-state index in [-0.39, 0.29) is 17.2 Å². The van der Waals surface area contributed by atoms with Crippen molar-refractivity contribution in [2.24, 2.45) is 5.41 Å². The third-order valence-electron chi connectivity index (χ3n) is 5.83. The average molecular weight is 463 g/mol. The fourth-order valence-electron chi connectivity index (χ4n) is 4.39. The van der Waals surface area contributed by atoms with Gasteiger partial charge in [0.25, 0.3) is 0 Å². The van der Waals surface area contributed by atoms with Gasteiger partial charge in [-0.3, -0.25) is 4.79 Å². The number of rotatable bonds is 2. The Hall–Kier alpha value is -2.73. The van der Waals surface area contributed by atoms with Crippen LogP contribution in [-0.2, 0) is 4.79 Å². The van der Waals surface area contributed by atoms with E-state index in [1.165, 1.54) is 5.56 Å². The lowest BCUT2D eigenvalue weighted by Gasteiger charge is -2.38. The van der Waals surface area contributed by atoms with E-state index in [2.05, 4.69) is 66.3 Å². The van der Waals surface area contributed by atoms with Crippen LogP contribution < -0.4 is 5.32 Å². The molecule has 2 aliphatic rings. The zero-order valence-electron chi connectivity index (χ0n) is 17.2. The summed E-state index contributed by atoms with van der Waals surface area (Å²) in [6.07, 6.45) is 1.35. The molecule has 2 heterocycles. The zero-order valence-corrected chi connectivity index (χ0v) is 18.8. The maximum atomic E-state index is 13.3. The summed E-state index contributed by atoms with van der Waals surface area (Å²) in [5, 5.41) is 8.27. The number of anilines is 1. The molecule has 0 saturated carbocycles. The fraction of sp³-hybridized carbons (Fsp3) is 0.292. The van der Waals surface area contributed by atoms with E-state index in [0.717, 1.165) is 33.3 Å². The molecule has 5 rings (SSSR count). The van der Waals surface area contributed by atoms with Crippen molar-refractivity contribution in [2.75, 3.05) is 5.32 Å². The van der Waals surface area contributed by atoms with Gasteiger partial charge in [0.2, 0.25) is 5.95 Å². The highest BCUT2D eigenvalue weighted by Gasteiger charge is 2.41. The van der Waals surface area contributed by atoms with Crippen LogP contribution in [0.2, 0.25) is 0 Å². The number of halogens is 1. The van der Waals surface area contributed by atoms with Crippen molar-refractivity contribution in [3.8, 4) is 11.4 Å². The summed E-state index contributed by atoms with van der Waals surface area (Å²) in [6, 6.07) is 16.0. The van der Waals surface area contributed by atoms with Crippen LogP contribution in [0, 0.1) is 12.3 Å². The summed E-state index contributed by atoms with van der Waals surface area (Å²) in [6.45, 7) is 6.34. The lowest BCUT2D eigenvalue weighted by Crippen LogP contribution is -2.36. The molecule has 1 aliphatic heterocycles. The Morgan fingerprint density at radius 3 is 2.47 bits per heavy atom. The summed E-state index contributed by atoms with van der Waals surface area (Å²) >= 11 is 3.51. The summed E-state index contributed by atoms with van der Waals surface area (Å²) < 4.78 is 2.87. The van der Waals surface area contributed by atoms with E-state index in [4.69, 9.17) is 10.1 Å². The first-order valence-electron chi connectivity index (χ1n) is 10.1. The van der Waals surface area contributed by atoms with Crippen LogP contribution in [0.3, 0.4) is 0 Å². The molecule has 0 saturated heterocycles. The summed E-state index contributed by atoms with van der Waals surface area (Å²) in [5.41, 5.74) is 4.89. The fourth-order valence-corrected chi connectivity index (χ4v) is 4.65. The molecule has 0 spiro atoms. The second-order valence-electron chi connectivity index (χ2n) is 8.98. The predicted octanol–water partition coefficient (Wildman–Crippen LogP) is 5.67. The maximum absolute atomic E-state index is 13.3. The molecule has 1 atom stereocenters. The molecule has 1 aromatic heterocycles. The molecule has 1 aliphatic carbocycles. The van der Waals surface area contributed by atoms with Gasteiger partial charge in [-0.1, -0.05) is 71.7 Å². The highest BCUT2D eigenvalue weighted by molar-refractivity contribution is 9.10. The number of ketones is 1. The van der Waals surface area contributed by atoms with Gasteiger partial charge in [-0.15, -0.1) is 5.10 Å². The van der Waals surface area contributed by atoms with Crippen LogP contribution in [0.15, 0.2) is 64.3 Å². The Labute approximate surface area is 184 Å². The Balaban J connectivity index is 1.67. The first-order valence-corrected chi connectivity index (χ1v) is 10.9. The van der Waals surface area contributed by atoms with Crippen LogP contribution in [0.4, 0.5) is 5.95 Å². The minimum atomic E-state index is -0.278. The van der Waals surface area contributed by atoms with Gasteiger partial charge in [0.1, 0.15) is 6.04 Å². The van der Waals surface area contributed by atoms with Gasteiger partial charge in [0.15, 0.2) is 11.6 Å². The van der Waals surface area contributed by atoms with Gasteiger partial charge in [0, 0.05) is 27.7 Å². The normalized spacial score (nSPS) is 19.9. The predicted molar refractivity (Wildman–Crippen MR) is 121 cm³/mol. The molecule has 6 heteroatoms. The number of hydrogen-bond acceptors (Lipinski definition) is 4. The van der Waals surface area contributed by atoms with E-state index < -0.39 is 0 Å². The summed E-state index contributed by atoms with van der Waals surface area (Å²) in [4.78, 5) is 18.0. The molecular formula is C24H23BrN4O. The molecule has 0 bridgehead atoms. The third kappa shape index (κ3) is 3.29. The number of hydrogen-bond donors (Lipinski definition) is 1. The molecule has 1 N–H and O–H groups in total. The third-order valence-corrected chi connectivity index (χ3v) is 6.36. The molecule has 2 aromatic carbocycles. The van der Waals surface area contributed by atoms with Crippen LogP contribution >= 0.6 is 15.9 Å². The van der Waals surface area contributed by atoms with Gasteiger partial charge in [0.05, 0.1) is 0 Å². The van der Waals surface area contributed by atoms with E-state index in [1.54, 1.807) is 0 Å². The van der Waals surface area contributed by atoms with Gasteiger partial charge in [-0.25, -0.2) is 4.68 Å². The Morgan fingerprint density at radius 1 is 1.07 bits per heavy atom. The Morgan fingerprint density at radius 2 is 1.77 bits per heavy atom. The highest BCUT2D eigenvalue weighted by atomic mass is 79.9. The number of nitrogens with zero attached hydrogens (tertiary/aromatic N) is 3. The number of benzene rings is 2. The molecule has 5 nitrogen and oxygen atoms in total. The van der Waals surface area contributed by atoms with Crippen LogP contribution in [-0.4, -0.2) is 20.5 Å². The van der Waals surface area contributed by atoms with E-state index in [1.807, 2.05) is 28.9 Å². The second kappa shape index (κ2) is 6.91. The zero-order chi connectivity index (χ0) is 21.0. The smallest absolute Gasteiger partial charge is 0.226 e. The molecule has 30 heavy (non-hydrogen) atoms. The van der Waals surface area contributed by atoms with Gasteiger partial charge in [-0.2, -0.15) is 4.98 Å². The van der Waals surface area contributed by atoms with Crippen molar-refractivity contribution < 1.29 is 4.79 Å². The molecule has 0 amide bonds. The number of fused-ring (bicyclic) bond motifs is 1. The number of carbonyl (C=O) groups is 1. The topological polar surface area (TPSA) is 59.8 Å². The summed E-state index contributed by atoms with van der Waals surface area (Å²) in [7, 11) is 0. The Bertz CT molecular complexity index is 1170. The standard InChI is InChI=1S/C24H23BrN4O/c1-14-4-6-16(7-5-14)22-27-23-26-18-12-24(2,3)13-19(30)20(18)21(29(23)28-22)15-8-10-17(25)11-9-15/h4-11,21H,12-13H2,1-3H3,(H,26,27,28). The number of Topliss-reactive ketones (excluding diaryl/α,β-unsaturated/α-hetero) is 1. The lowest BCUT2D eigenvalue weighted by atomic mass is 9.73. The van der Waals surface area contributed by atoms with E-state index in [0.29, 0.717) is 18.2 Å². The van der Waals surface area contributed by atoms with Crippen molar-refractivity contribution in [2.45, 2.75) is 39.7 Å². The number of carbonyl (C=O) groups excluding carboxylic acids is 1. The monoisotopic (exact) mass is 462 g/mol. The van der Waals surface area contributed by atoms with Crippen molar-refractivity contribution in [1.29, 1.82) is 0 Å². The van der Waals surface area contributed by atoms with Crippen LogP contribution in [0.1, 0.15) is 43.9 Å². The molecular weight excluding hydrogens is 440 g/mol. The van der Waals surface area contributed by atoms with Crippen molar-refractivity contribution in [3.63, 3.8) is 0 Å². The minimum absolute atomic E-state index is 0.0742. The van der Waals surface area contributed by atoms with E-state index in [9.17, 15) is 4.79 Å². The quantitative estimate of drug-likeness (QED) is 0.532. The number of nitrogens with one attached hydrogen (secondary N) is 1. The first-order chi connectivity index (χ1) is 14.3. The van der Waals surface area contributed by atoms with Crippen LogP contribution in [0.25, 0.3) is 11.4 Å². The lowest BCUT2D eigenvalue weighted by molar-refractivity contribution is -0.118. The molecule has 3 aromatic rings. The van der Waals surface area contributed by atoms with Crippen molar-refractivity contribution >= 4 is 27.7 Å². The number of aryl methyl sites for hydroxylation is 1. The Kier molecular flexibility index (Phi) is 4.43. The maximum Gasteiger partial charge on any atom is 0.226 e. The van der Waals surface area contributed by atoms with Crippen LogP contribution in [0.5, 0.6) is 0 Å². The van der Waals surface area contributed by atoms with Crippen molar-refractivity contribution in [1.82, 2.24) is 14.8 Å². The first kappa shape index (κ1) is 19.2. The molecule has 152 valence electrons.